The van der Waals surface area contributed by atoms with Crippen LogP contribution in [0.3, 0.4) is 0 Å². The Kier molecular flexibility index (Phi) is 10.8. The predicted molar refractivity (Wildman–Crippen MR) is 102 cm³/mol. The molecule has 0 aromatic heterocycles. The van der Waals surface area contributed by atoms with Crippen LogP contribution in [0.1, 0.15) is 32.3 Å². The van der Waals surface area contributed by atoms with Crippen molar-refractivity contribution >= 4 is 29.9 Å². The molecule has 0 aliphatic rings. The molecule has 0 aliphatic carbocycles. The smallest absolute Gasteiger partial charge is 0.191 e. The Morgan fingerprint density at radius 2 is 2.05 bits per heavy atom. The first kappa shape index (κ1) is 20.8. The zero-order valence-corrected chi connectivity index (χ0v) is 16.2. The molecular formula is C16H28IN3O2. The van der Waals surface area contributed by atoms with Crippen molar-refractivity contribution < 1.29 is 9.84 Å². The van der Waals surface area contributed by atoms with Gasteiger partial charge in [0, 0.05) is 25.7 Å². The lowest BCUT2D eigenvalue weighted by molar-refractivity contribution is 0.410. The fourth-order valence-corrected chi connectivity index (χ4v) is 1.95. The Hall–Kier alpha value is -1.18. The summed E-state index contributed by atoms with van der Waals surface area (Å²) in [6, 6.07) is 5.18. The van der Waals surface area contributed by atoms with Crippen LogP contribution in [0.4, 0.5) is 0 Å². The molecule has 1 rings (SSSR count). The first-order valence-corrected chi connectivity index (χ1v) is 7.37. The van der Waals surface area contributed by atoms with Gasteiger partial charge < -0.3 is 20.5 Å². The van der Waals surface area contributed by atoms with E-state index in [-0.39, 0.29) is 29.7 Å². The Balaban J connectivity index is 0.00000441. The number of guanidine groups is 1. The van der Waals surface area contributed by atoms with Gasteiger partial charge in [0.2, 0.25) is 0 Å². The van der Waals surface area contributed by atoms with Crippen molar-refractivity contribution in [3.8, 4) is 11.5 Å². The van der Waals surface area contributed by atoms with E-state index in [1.807, 2.05) is 6.07 Å². The van der Waals surface area contributed by atoms with E-state index in [1.165, 1.54) is 6.42 Å². The third-order valence-electron chi connectivity index (χ3n) is 3.21. The summed E-state index contributed by atoms with van der Waals surface area (Å²) in [5, 5.41) is 16.3. The zero-order valence-electron chi connectivity index (χ0n) is 13.8. The number of ether oxygens (including phenoxy) is 1. The lowest BCUT2D eigenvalue weighted by Crippen LogP contribution is -2.37. The second kappa shape index (κ2) is 11.4. The number of phenolic OH excluding ortho intramolecular Hbond substituents is 1. The second-order valence-corrected chi connectivity index (χ2v) is 5.38. The topological polar surface area (TPSA) is 65.9 Å². The molecule has 0 fully saturated rings. The summed E-state index contributed by atoms with van der Waals surface area (Å²) in [5.74, 6) is 2.43. The number of methoxy groups -OCH3 is 1. The van der Waals surface area contributed by atoms with Crippen LogP contribution in [0.25, 0.3) is 0 Å². The molecule has 126 valence electrons. The number of hydrogen-bond acceptors (Lipinski definition) is 3. The molecule has 0 aliphatic heterocycles. The molecule has 0 spiro atoms. The van der Waals surface area contributed by atoms with Gasteiger partial charge in [-0.1, -0.05) is 13.8 Å². The molecule has 22 heavy (non-hydrogen) atoms. The summed E-state index contributed by atoms with van der Waals surface area (Å²) in [7, 11) is 3.35. The van der Waals surface area contributed by atoms with Crippen LogP contribution in [0.5, 0.6) is 11.5 Å². The quantitative estimate of drug-likeness (QED) is 0.274. The molecule has 1 aromatic rings. The van der Waals surface area contributed by atoms with E-state index in [4.69, 9.17) is 4.74 Å². The van der Waals surface area contributed by atoms with E-state index in [2.05, 4.69) is 29.5 Å². The Bertz CT molecular complexity index is 465. The summed E-state index contributed by atoms with van der Waals surface area (Å²) in [4.78, 5) is 4.17. The predicted octanol–water partition coefficient (Wildman–Crippen LogP) is 3.12. The average molecular weight is 421 g/mol. The number of nitrogens with zero attached hydrogens (tertiary/aromatic N) is 1. The lowest BCUT2D eigenvalue weighted by Gasteiger charge is -2.13. The first-order chi connectivity index (χ1) is 10.1. The number of hydrogen-bond donors (Lipinski definition) is 3. The molecule has 0 saturated heterocycles. The number of benzene rings is 1. The van der Waals surface area contributed by atoms with E-state index in [1.54, 1.807) is 26.3 Å². The Morgan fingerprint density at radius 3 is 2.64 bits per heavy atom. The Labute approximate surface area is 150 Å². The van der Waals surface area contributed by atoms with Crippen LogP contribution in [-0.2, 0) is 6.54 Å². The summed E-state index contributed by atoms with van der Waals surface area (Å²) in [5.41, 5.74) is 0.777. The maximum atomic E-state index is 9.84. The Morgan fingerprint density at radius 1 is 1.32 bits per heavy atom. The SMILES string of the molecule is CN=C(NCCCC(C)C)NCc1cc(OC)ccc1O.I. The van der Waals surface area contributed by atoms with E-state index >= 15 is 0 Å². The fourth-order valence-electron chi connectivity index (χ4n) is 1.95. The van der Waals surface area contributed by atoms with Crippen molar-refractivity contribution in [2.45, 2.75) is 33.2 Å². The minimum absolute atomic E-state index is 0. The van der Waals surface area contributed by atoms with Crippen molar-refractivity contribution in [2.75, 3.05) is 20.7 Å². The molecular weight excluding hydrogens is 393 g/mol. The van der Waals surface area contributed by atoms with Crippen LogP contribution in [0.15, 0.2) is 23.2 Å². The van der Waals surface area contributed by atoms with Gasteiger partial charge in [0.05, 0.1) is 7.11 Å². The number of phenols is 1. The number of halogens is 1. The van der Waals surface area contributed by atoms with Gasteiger partial charge >= 0.3 is 0 Å². The van der Waals surface area contributed by atoms with Crippen LogP contribution in [0.2, 0.25) is 0 Å². The summed E-state index contributed by atoms with van der Waals surface area (Å²) >= 11 is 0. The van der Waals surface area contributed by atoms with Gasteiger partial charge in [0.1, 0.15) is 11.5 Å². The molecule has 0 heterocycles. The number of aliphatic imine (C=N–C) groups is 1. The summed E-state index contributed by atoms with van der Waals surface area (Å²) in [6.45, 7) is 5.83. The molecule has 0 atom stereocenters. The van der Waals surface area contributed by atoms with Crippen LogP contribution < -0.4 is 15.4 Å². The van der Waals surface area contributed by atoms with Gasteiger partial charge in [0.25, 0.3) is 0 Å². The maximum absolute atomic E-state index is 9.84. The van der Waals surface area contributed by atoms with Gasteiger partial charge in [-0.05, 0) is 37.0 Å². The third-order valence-corrected chi connectivity index (χ3v) is 3.21. The summed E-state index contributed by atoms with van der Waals surface area (Å²) in [6.07, 6.45) is 2.31. The molecule has 0 bridgehead atoms. The lowest BCUT2D eigenvalue weighted by atomic mass is 10.1. The molecule has 0 unspecified atom stereocenters. The summed E-state index contributed by atoms with van der Waals surface area (Å²) < 4.78 is 5.16. The number of aromatic hydroxyl groups is 1. The van der Waals surface area contributed by atoms with Crippen molar-refractivity contribution in [3.05, 3.63) is 23.8 Å². The third kappa shape index (κ3) is 7.72. The molecule has 1 aromatic carbocycles. The van der Waals surface area contributed by atoms with E-state index < -0.39 is 0 Å². The van der Waals surface area contributed by atoms with Gasteiger partial charge in [0.15, 0.2) is 5.96 Å². The highest BCUT2D eigenvalue weighted by molar-refractivity contribution is 14.0. The second-order valence-electron chi connectivity index (χ2n) is 5.38. The zero-order chi connectivity index (χ0) is 15.7. The fraction of sp³-hybridized carbons (Fsp3) is 0.562. The normalized spacial score (nSPS) is 11.0. The van der Waals surface area contributed by atoms with E-state index in [9.17, 15) is 5.11 Å². The molecule has 3 N–H and O–H groups in total. The first-order valence-electron chi connectivity index (χ1n) is 7.37. The molecule has 0 amide bonds. The van der Waals surface area contributed by atoms with Crippen molar-refractivity contribution in [1.82, 2.24) is 10.6 Å². The van der Waals surface area contributed by atoms with Gasteiger partial charge in [-0.15, -0.1) is 24.0 Å². The van der Waals surface area contributed by atoms with Crippen LogP contribution >= 0.6 is 24.0 Å². The highest BCUT2D eigenvalue weighted by Crippen LogP contribution is 2.22. The van der Waals surface area contributed by atoms with E-state index in [0.29, 0.717) is 6.54 Å². The van der Waals surface area contributed by atoms with Gasteiger partial charge in [-0.3, -0.25) is 4.99 Å². The number of rotatable bonds is 7. The average Bonchev–Trinajstić information content (AvgIpc) is 2.47. The highest BCUT2D eigenvalue weighted by atomic mass is 127. The van der Waals surface area contributed by atoms with Crippen molar-refractivity contribution in [1.29, 1.82) is 0 Å². The molecule has 5 nitrogen and oxygen atoms in total. The monoisotopic (exact) mass is 421 g/mol. The van der Waals surface area contributed by atoms with Crippen molar-refractivity contribution in [2.24, 2.45) is 10.9 Å². The van der Waals surface area contributed by atoms with Gasteiger partial charge in [-0.2, -0.15) is 0 Å². The molecule has 6 heteroatoms. The van der Waals surface area contributed by atoms with Crippen molar-refractivity contribution in [3.63, 3.8) is 0 Å². The molecule has 0 saturated carbocycles. The molecule has 0 radical (unpaired) electrons. The van der Waals surface area contributed by atoms with E-state index in [0.717, 1.165) is 36.2 Å². The minimum Gasteiger partial charge on any atom is -0.508 e. The highest BCUT2D eigenvalue weighted by Gasteiger charge is 2.05. The maximum Gasteiger partial charge on any atom is 0.191 e. The standard InChI is InChI=1S/C16H27N3O2.HI/c1-12(2)6-5-9-18-16(17-3)19-11-13-10-14(21-4)7-8-15(13)20;/h7-8,10,12,20H,5-6,9,11H2,1-4H3,(H2,17,18,19);1H. The van der Waals surface area contributed by atoms with Crippen LogP contribution in [-0.4, -0.2) is 31.8 Å². The number of nitrogens with one attached hydrogen (secondary N) is 2. The largest absolute Gasteiger partial charge is 0.508 e. The van der Waals surface area contributed by atoms with Crippen LogP contribution in [0, 0.1) is 5.92 Å². The van der Waals surface area contributed by atoms with Gasteiger partial charge in [-0.25, -0.2) is 0 Å². The minimum atomic E-state index is 0.